The molecule has 0 unspecified atom stereocenters. The normalized spacial score (nSPS) is 25.0. The highest BCUT2D eigenvalue weighted by molar-refractivity contribution is 4.89. The van der Waals surface area contributed by atoms with Crippen molar-refractivity contribution in [3.8, 4) is 0 Å². The molecule has 18 heavy (non-hydrogen) atoms. The third-order valence-electron chi connectivity index (χ3n) is 4.64. The molecule has 0 heterocycles. The largest absolute Gasteiger partial charge is 0.310 e. The summed E-state index contributed by atoms with van der Waals surface area (Å²) in [6.07, 6.45) is 10.5. The summed E-state index contributed by atoms with van der Waals surface area (Å²) in [5.74, 6) is 0. The smallest absolute Gasteiger partial charge is 0.0223 e. The van der Waals surface area contributed by atoms with E-state index in [2.05, 4.69) is 38.3 Å². The molecule has 0 aliphatic heterocycles. The molecular formula is C16H34N2. The van der Waals surface area contributed by atoms with E-state index in [1.165, 1.54) is 51.4 Å². The minimum absolute atomic E-state index is 0.698. The van der Waals surface area contributed by atoms with Gasteiger partial charge in [-0.05, 0) is 38.5 Å². The topological polar surface area (TPSA) is 24.1 Å². The van der Waals surface area contributed by atoms with Crippen LogP contribution in [0.15, 0.2) is 0 Å². The zero-order valence-corrected chi connectivity index (χ0v) is 13.0. The highest BCUT2D eigenvalue weighted by Gasteiger charge is 2.27. The van der Waals surface area contributed by atoms with Gasteiger partial charge in [-0.25, -0.2) is 0 Å². The maximum Gasteiger partial charge on any atom is 0.0223 e. The molecule has 1 fully saturated rings. The van der Waals surface area contributed by atoms with Crippen LogP contribution in [0, 0.1) is 0 Å². The molecular weight excluding hydrogens is 220 g/mol. The SMILES string of the molecule is CCC(CC)N[C@H]1CCCC[C@@H]1NC(CC)CC. The van der Waals surface area contributed by atoms with Gasteiger partial charge in [0.15, 0.2) is 0 Å². The van der Waals surface area contributed by atoms with Crippen LogP contribution in [0.4, 0.5) is 0 Å². The van der Waals surface area contributed by atoms with E-state index in [0.29, 0.717) is 24.2 Å². The molecule has 1 saturated carbocycles. The van der Waals surface area contributed by atoms with Gasteiger partial charge in [0.1, 0.15) is 0 Å². The number of hydrogen-bond acceptors (Lipinski definition) is 2. The first-order chi connectivity index (χ1) is 8.74. The van der Waals surface area contributed by atoms with Crippen molar-refractivity contribution in [3.05, 3.63) is 0 Å². The molecule has 108 valence electrons. The standard InChI is InChI=1S/C16H34N2/c1-5-13(6-2)17-15-11-9-10-12-16(15)18-14(7-3)8-4/h13-18H,5-12H2,1-4H3/t15-,16-/m0/s1. The summed E-state index contributed by atoms with van der Waals surface area (Å²) < 4.78 is 0. The molecule has 0 aromatic rings. The fourth-order valence-electron chi connectivity index (χ4n) is 3.18. The van der Waals surface area contributed by atoms with Gasteiger partial charge in [0.05, 0.1) is 0 Å². The zero-order chi connectivity index (χ0) is 13.4. The molecule has 0 saturated heterocycles. The molecule has 0 aromatic carbocycles. The Morgan fingerprint density at radius 3 is 1.33 bits per heavy atom. The number of nitrogens with one attached hydrogen (secondary N) is 2. The van der Waals surface area contributed by atoms with Gasteiger partial charge in [0.25, 0.3) is 0 Å². The second kappa shape index (κ2) is 8.92. The molecule has 2 heteroatoms. The van der Waals surface area contributed by atoms with Gasteiger partial charge in [0.2, 0.25) is 0 Å². The van der Waals surface area contributed by atoms with Gasteiger partial charge >= 0.3 is 0 Å². The molecule has 2 atom stereocenters. The monoisotopic (exact) mass is 254 g/mol. The van der Waals surface area contributed by atoms with E-state index in [1.54, 1.807) is 0 Å². The van der Waals surface area contributed by atoms with Crippen LogP contribution in [0.1, 0.15) is 79.1 Å². The summed E-state index contributed by atoms with van der Waals surface area (Å²) in [6.45, 7) is 9.20. The van der Waals surface area contributed by atoms with Crippen LogP contribution in [-0.2, 0) is 0 Å². The van der Waals surface area contributed by atoms with Crippen LogP contribution in [-0.4, -0.2) is 24.2 Å². The summed E-state index contributed by atoms with van der Waals surface area (Å²) in [5, 5.41) is 7.79. The Kier molecular flexibility index (Phi) is 7.92. The molecule has 2 nitrogen and oxygen atoms in total. The van der Waals surface area contributed by atoms with Crippen molar-refractivity contribution in [2.24, 2.45) is 0 Å². The quantitative estimate of drug-likeness (QED) is 0.687. The van der Waals surface area contributed by atoms with E-state index >= 15 is 0 Å². The second-order valence-electron chi connectivity index (χ2n) is 5.86. The summed E-state index contributed by atoms with van der Waals surface area (Å²) in [7, 11) is 0. The first-order valence-electron chi connectivity index (χ1n) is 8.27. The maximum atomic E-state index is 3.90. The Balaban J connectivity index is 2.50. The van der Waals surface area contributed by atoms with Gasteiger partial charge in [0, 0.05) is 24.2 Å². The van der Waals surface area contributed by atoms with E-state index in [0.717, 1.165) is 0 Å². The first kappa shape index (κ1) is 16.0. The van der Waals surface area contributed by atoms with Gasteiger partial charge in [-0.15, -0.1) is 0 Å². The van der Waals surface area contributed by atoms with Crippen molar-refractivity contribution >= 4 is 0 Å². The van der Waals surface area contributed by atoms with Crippen LogP contribution in [0.25, 0.3) is 0 Å². The van der Waals surface area contributed by atoms with Gasteiger partial charge < -0.3 is 10.6 Å². The zero-order valence-electron chi connectivity index (χ0n) is 13.0. The third-order valence-corrected chi connectivity index (χ3v) is 4.64. The van der Waals surface area contributed by atoms with E-state index in [1.807, 2.05) is 0 Å². The molecule has 1 rings (SSSR count). The molecule has 0 bridgehead atoms. The number of rotatable bonds is 8. The van der Waals surface area contributed by atoms with Crippen LogP contribution in [0.3, 0.4) is 0 Å². The Labute approximate surface area is 114 Å². The van der Waals surface area contributed by atoms with Crippen molar-refractivity contribution < 1.29 is 0 Å². The lowest BCUT2D eigenvalue weighted by Crippen LogP contribution is -2.54. The van der Waals surface area contributed by atoms with Crippen molar-refractivity contribution in [3.63, 3.8) is 0 Å². The molecule has 2 N–H and O–H groups in total. The number of hydrogen-bond donors (Lipinski definition) is 2. The summed E-state index contributed by atoms with van der Waals surface area (Å²) >= 11 is 0. The van der Waals surface area contributed by atoms with Gasteiger partial charge in [-0.3, -0.25) is 0 Å². The van der Waals surface area contributed by atoms with E-state index in [9.17, 15) is 0 Å². The maximum absolute atomic E-state index is 3.90. The Morgan fingerprint density at radius 1 is 0.722 bits per heavy atom. The lowest BCUT2D eigenvalue weighted by atomic mass is 9.88. The van der Waals surface area contributed by atoms with E-state index in [-0.39, 0.29) is 0 Å². The summed E-state index contributed by atoms with van der Waals surface area (Å²) in [5.41, 5.74) is 0. The predicted octanol–water partition coefficient (Wildman–Crippen LogP) is 3.85. The van der Waals surface area contributed by atoms with Crippen LogP contribution >= 0.6 is 0 Å². The lowest BCUT2D eigenvalue weighted by molar-refractivity contribution is 0.237. The van der Waals surface area contributed by atoms with Crippen LogP contribution in [0.5, 0.6) is 0 Å². The average molecular weight is 254 g/mol. The fourth-order valence-corrected chi connectivity index (χ4v) is 3.18. The highest BCUT2D eigenvalue weighted by atomic mass is 15.1. The third kappa shape index (κ3) is 4.89. The van der Waals surface area contributed by atoms with Crippen molar-refractivity contribution in [1.82, 2.24) is 10.6 Å². The van der Waals surface area contributed by atoms with E-state index < -0.39 is 0 Å². The first-order valence-corrected chi connectivity index (χ1v) is 8.27. The Bertz CT molecular complexity index is 175. The lowest BCUT2D eigenvalue weighted by Gasteiger charge is -2.37. The van der Waals surface area contributed by atoms with Crippen molar-refractivity contribution in [2.45, 2.75) is 103 Å². The molecule has 1 aliphatic rings. The molecule has 0 aromatic heterocycles. The van der Waals surface area contributed by atoms with Gasteiger partial charge in [-0.2, -0.15) is 0 Å². The second-order valence-corrected chi connectivity index (χ2v) is 5.86. The Morgan fingerprint density at radius 2 is 1.06 bits per heavy atom. The minimum Gasteiger partial charge on any atom is -0.310 e. The van der Waals surface area contributed by atoms with Crippen molar-refractivity contribution in [1.29, 1.82) is 0 Å². The predicted molar refractivity (Wildman–Crippen MR) is 81.1 cm³/mol. The minimum atomic E-state index is 0.698. The molecule has 1 aliphatic carbocycles. The average Bonchev–Trinajstić information content (AvgIpc) is 2.43. The molecule has 0 amide bonds. The highest BCUT2D eigenvalue weighted by Crippen LogP contribution is 2.21. The van der Waals surface area contributed by atoms with Crippen molar-refractivity contribution in [2.75, 3.05) is 0 Å². The molecule has 0 radical (unpaired) electrons. The van der Waals surface area contributed by atoms with Gasteiger partial charge in [-0.1, -0.05) is 40.5 Å². The summed E-state index contributed by atoms with van der Waals surface area (Å²) in [6, 6.07) is 2.81. The van der Waals surface area contributed by atoms with Crippen LogP contribution in [0.2, 0.25) is 0 Å². The van der Waals surface area contributed by atoms with E-state index in [4.69, 9.17) is 0 Å². The summed E-state index contributed by atoms with van der Waals surface area (Å²) in [4.78, 5) is 0. The fraction of sp³-hybridized carbons (Fsp3) is 1.00. The molecule has 0 spiro atoms. The Hall–Kier alpha value is -0.0800. The van der Waals surface area contributed by atoms with Crippen LogP contribution < -0.4 is 10.6 Å².